The molecule has 0 aliphatic carbocycles. The van der Waals surface area contributed by atoms with Crippen LogP contribution in [-0.4, -0.2) is 17.7 Å². The smallest absolute Gasteiger partial charge is 0.337 e. The van der Waals surface area contributed by atoms with Crippen LogP contribution in [0.25, 0.3) is 0 Å². The standard InChI is InChI=1S/C23H20BrCl2NO4/c1-2-30-21-9-15(12-27-16-7-8-20(26)17(10-16)23(28)29)18(24)11-22(21)31-13-14-5-3-4-6-19(14)25/h3-11,27H,2,12-13H2,1H3,(H,28,29). The molecule has 0 heterocycles. The van der Waals surface area contributed by atoms with Crippen molar-refractivity contribution in [2.75, 3.05) is 11.9 Å². The molecule has 5 nitrogen and oxygen atoms in total. The van der Waals surface area contributed by atoms with Crippen molar-refractivity contribution in [3.63, 3.8) is 0 Å². The first-order valence-corrected chi connectivity index (χ1v) is 11.0. The SMILES string of the molecule is CCOc1cc(CNc2ccc(Cl)c(C(=O)O)c2)c(Br)cc1OCc1ccccc1Cl. The number of hydrogen-bond acceptors (Lipinski definition) is 4. The van der Waals surface area contributed by atoms with Gasteiger partial charge in [0.2, 0.25) is 0 Å². The van der Waals surface area contributed by atoms with Crippen LogP contribution in [0.5, 0.6) is 11.5 Å². The van der Waals surface area contributed by atoms with E-state index in [-0.39, 0.29) is 10.6 Å². The van der Waals surface area contributed by atoms with Gasteiger partial charge in [0, 0.05) is 27.3 Å². The maximum Gasteiger partial charge on any atom is 0.337 e. The summed E-state index contributed by atoms with van der Waals surface area (Å²) in [4.78, 5) is 11.3. The summed E-state index contributed by atoms with van der Waals surface area (Å²) in [6, 6.07) is 16.0. The molecule has 31 heavy (non-hydrogen) atoms. The molecule has 0 unspecified atom stereocenters. The quantitative estimate of drug-likeness (QED) is 0.314. The Morgan fingerprint density at radius 3 is 2.45 bits per heavy atom. The van der Waals surface area contributed by atoms with E-state index in [9.17, 15) is 9.90 Å². The molecule has 0 bridgehead atoms. The minimum atomic E-state index is -1.08. The number of ether oxygens (including phenoxy) is 2. The summed E-state index contributed by atoms with van der Waals surface area (Å²) >= 11 is 15.7. The Hall–Kier alpha value is -2.41. The number of carboxylic acids is 1. The maximum atomic E-state index is 11.3. The van der Waals surface area contributed by atoms with Gasteiger partial charge in [0.25, 0.3) is 0 Å². The van der Waals surface area contributed by atoms with Gasteiger partial charge in [-0.1, -0.05) is 57.3 Å². The van der Waals surface area contributed by atoms with Gasteiger partial charge in [0.1, 0.15) is 6.61 Å². The lowest BCUT2D eigenvalue weighted by atomic mass is 10.1. The van der Waals surface area contributed by atoms with E-state index in [0.717, 1.165) is 15.6 Å². The Bertz CT molecular complexity index is 1090. The van der Waals surface area contributed by atoms with Crippen molar-refractivity contribution in [3.8, 4) is 11.5 Å². The zero-order chi connectivity index (χ0) is 22.4. The molecule has 2 N–H and O–H groups in total. The third kappa shape index (κ3) is 6.06. The number of benzene rings is 3. The highest BCUT2D eigenvalue weighted by atomic mass is 79.9. The lowest BCUT2D eigenvalue weighted by Crippen LogP contribution is -2.05. The molecule has 3 aromatic rings. The molecule has 162 valence electrons. The zero-order valence-electron chi connectivity index (χ0n) is 16.6. The van der Waals surface area contributed by atoms with E-state index in [1.54, 1.807) is 12.1 Å². The Balaban J connectivity index is 1.77. The van der Waals surface area contributed by atoms with Crippen LogP contribution in [-0.2, 0) is 13.2 Å². The van der Waals surface area contributed by atoms with Crippen molar-refractivity contribution < 1.29 is 19.4 Å². The molecule has 0 amide bonds. The van der Waals surface area contributed by atoms with Crippen LogP contribution in [0.3, 0.4) is 0 Å². The number of halogens is 3. The van der Waals surface area contributed by atoms with Crippen molar-refractivity contribution >= 4 is 50.8 Å². The summed E-state index contributed by atoms with van der Waals surface area (Å²) in [7, 11) is 0. The number of anilines is 1. The van der Waals surface area contributed by atoms with Crippen LogP contribution < -0.4 is 14.8 Å². The van der Waals surface area contributed by atoms with Gasteiger partial charge in [-0.05, 0) is 48.9 Å². The molecule has 3 aromatic carbocycles. The maximum absolute atomic E-state index is 11.3. The van der Waals surface area contributed by atoms with E-state index < -0.39 is 5.97 Å². The Morgan fingerprint density at radius 1 is 1.00 bits per heavy atom. The number of carbonyl (C=O) groups is 1. The molecule has 8 heteroatoms. The van der Waals surface area contributed by atoms with Gasteiger partial charge in [-0.15, -0.1) is 0 Å². The van der Waals surface area contributed by atoms with Gasteiger partial charge >= 0.3 is 5.97 Å². The Labute approximate surface area is 199 Å². The lowest BCUT2D eigenvalue weighted by Gasteiger charge is -2.16. The van der Waals surface area contributed by atoms with Gasteiger partial charge in [0.05, 0.1) is 17.2 Å². The fraction of sp³-hybridized carbons (Fsp3) is 0.174. The van der Waals surface area contributed by atoms with E-state index in [2.05, 4.69) is 21.2 Å². The van der Waals surface area contributed by atoms with Crippen LogP contribution >= 0.6 is 39.1 Å². The van der Waals surface area contributed by atoms with E-state index in [0.29, 0.717) is 42.0 Å². The first kappa shape index (κ1) is 23.3. The van der Waals surface area contributed by atoms with Gasteiger partial charge in [-0.2, -0.15) is 0 Å². The number of aromatic carboxylic acids is 1. The molecule has 0 spiro atoms. The summed E-state index contributed by atoms with van der Waals surface area (Å²) in [5, 5.41) is 13.3. The molecule has 3 rings (SSSR count). The molecule has 0 radical (unpaired) electrons. The fourth-order valence-electron chi connectivity index (χ4n) is 2.86. The topological polar surface area (TPSA) is 67.8 Å². The summed E-state index contributed by atoms with van der Waals surface area (Å²) in [5.74, 6) is 0.127. The first-order valence-electron chi connectivity index (χ1n) is 9.47. The average molecular weight is 525 g/mol. The second kappa shape index (κ2) is 10.8. The van der Waals surface area contributed by atoms with Crippen LogP contribution in [0.4, 0.5) is 5.69 Å². The van der Waals surface area contributed by atoms with E-state index in [1.807, 2.05) is 43.3 Å². The first-order chi connectivity index (χ1) is 14.9. The highest BCUT2D eigenvalue weighted by Gasteiger charge is 2.13. The van der Waals surface area contributed by atoms with Crippen LogP contribution in [0.15, 0.2) is 59.1 Å². The van der Waals surface area contributed by atoms with Crippen molar-refractivity contribution in [3.05, 3.63) is 85.8 Å². The highest BCUT2D eigenvalue weighted by molar-refractivity contribution is 9.10. The predicted molar refractivity (Wildman–Crippen MR) is 127 cm³/mol. The number of nitrogens with one attached hydrogen (secondary N) is 1. The number of hydrogen-bond donors (Lipinski definition) is 2. The highest BCUT2D eigenvalue weighted by Crippen LogP contribution is 2.35. The normalized spacial score (nSPS) is 10.6. The van der Waals surface area contributed by atoms with Crippen molar-refractivity contribution in [2.45, 2.75) is 20.1 Å². The third-order valence-electron chi connectivity index (χ3n) is 4.43. The van der Waals surface area contributed by atoms with Crippen molar-refractivity contribution in [1.82, 2.24) is 0 Å². The molecule has 0 saturated carbocycles. The third-order valence-corrected chi connectivity index (χ3v) is 5.87. The number of rotatable bonds is 9. The van der Waals surface area contributed by atoms with Crippen molar-refractivity contribution in [2.24, 2.45) is 0 Å². The minimum Gasteiger partial charge on any atom is -0.490 e. The van der Waals surface area contributed by atoms with Gasteiger partial charge in [-0.25, -0.2) is 4.79 Å². The van der Waals surface area contributed by atoms with Gasteiger partial charge in [0.15, 0.2) is 11.5 Å². The molecule has 0 saturated heterocycles. The fourth-order valence-corrected chi connectivity index (χ4v) is 3.71. The Morgan fingerprint density at radius 2 is 1.74 bits per heavy atom. The van der Waals surface area contributed by atoms with Crippen LogP contribution in [0.1, 0.15) is 28.4 Å². The van der Waals surface area contributed by atoms with E-state index >= 15 is 0 Å². The second-order valence-electron chi connectivity index (χ2n) is 6.56. The summed E-state index contributed by atoms with van der Waals surface area (Å²) < 4.78 is 12.6. The largest absolute Gasteiger partial charge is 0.490 e. The second-order valence-corrected chi connectivity index (χ2v) is 8.23. The summed E-state index contributed by atoms with van der Waals surface area (Å²) in [6.45, 7) is 3.13. The molecule has 0 atom stereocenters. The molecular formula is C23H20BrCl2NO4. The number of carboxylic acid groups (broad SMARTS) is 1. The minimum absolute atomic E-state index is 0.0454. The van der Waals surface area contributed by atoms with Crippen molar-refractivity contribution in [1.29, 1.82) is 0 Å². The van der Waals surface area contributed by atoms with Crippen LogP contribution in [0.2, 0.25) is 10.0 Å². The summed E-state index contributed by atoms with van der Waals surface area (Å²) in [6.07, 6.45) is 0. The lowest BCUT2D eigenvalue weighted by molar-refractivity contribution is 0.0697. The molecular weight excluding hydrogens is 505 g/mol. The molecule has 0 aliphatic rings. The monoisotopic (exact) mass is 523 g/mol. The van der Waals surface area contributed by atoms with Gasteiger partial charge < -0.3 is 19.9 Å². The molecule has 0 aromatic heterocycles. The zero-order valence-corrected chi connectivity index (χ0v) is 19.7. The predicted octanol–water partition coefficient (Wildman–Crippen LogP) is 7.04. The molecule has 0 aliphatic heterocycles. The van der Waals surface area contributed by atoms with Crippen LogP contribution in [0, 0.1) is 0 Å². The van der Waals surface area contributed by atoms with E-state index in [4.69, 9.17) is 32.7 Å². The molecule has 0 fully saturated rings. The van der Waals surface area contributed by atoms with E-state index in [1.165, 1.54) is 6.07 Å². The summed E-state index contributed by atoms with van der Waals surface area (Å²) in [5.41, 5.74) is 2.49. The van der Waals surface area contributed by atoms with Gasteiger partial charge in [-0.3, -0.25) is 0 Å². The Kier molecular flexibility index (Phi) is 8.07. The average Bonchev–Trinajstić information content (AvgIpc) is 2.74.